The lowest BCUT2D eigenvalue weighted by Gasteiger charge is -2.30. The summed E-state index contributed by atoms with van der Waals surface area (Å²) in [7, 11) is -3.46. The van der Waals surface area contributed by atoms with E-state index in [1.165, 1.54) is 24.5 Å². The Balaban J connectivity index is 1.28. The maximum Gasteiger partial charge on any atom is 0.248 e. The van der Waals surface area contributed by atoms with Gasteiger partial charge in [-0.1, -0.05) is 31.2 Å². The molecule has 32 heavy (non-hydrogen) atoms. The molecule has 0 aromatic heterocycles. The van der Waals surface area contributed by atoms with E-state index in [2.05, 4.69) is 34.0 Å². The van der Waals surface area contributed by atoms with Crippen LogP contribution in [0.2, 0.25) is 0 Å². The van der Waals surface area contributed by atoms with Crippen LogP contribution < -0.4 is 10.0 Å². The second kappa shape index (κ2) is 9.98. The number of likely N-dealkylation sites (tertiary alicyclic amines) is 1. The number of carbonyl (C=O) groups is 1. The highest BCUT2D eigenvalue weighted by Gasteiger charge is 2.27. The average molecular weight is 454 g/mol. The summed E-state index contributed by atoms with van der Waals surface area (Å²) in [5.41, 5.74) is 2.76. The van der Waals surface area contributed by atoms with Crippen molar-refractivity contribution in [2.24, 2.45) is 5.92 Å². The van der Waals surface area contributed by atoms with Gasteiger partial charge in [-0.3, -0.25) is 9.69 Å². The van der Waals surface area contributed by atoms with Crippen LogP contribution in [0, 0.1) is 5.92 Å². The maximum atomic E-state index is 12.3. The molecule has 2 N–H and O–H groups in total. The summed E-state index contributed by atoms with van der Waals surface area (Å²) in [6, 6.07) is 14.6. The van der Waals surface area contributed by atoms with Crippen molar-refractivity contribution in [3.05, 3.63) is 65.7 Å². The van der Waals surface area contributed by atoms with Gasteiger partial charge in [-0.15, -0.1) is 0 Å². The van der Waals surface area contributed by atoms with Crippen molar-refractivity contribution in [2.45, 2.75) is 50.1 Å². The van der Waals surface area contributed by atoms with E-state index in [1.807, 2.05) is 12.1 Å². The number of hydrogen-bond donors (Lipinski definition) is 2. The Bertz CT molecular complexity index is 1060. The monoisotopic (exact) mass is 453 g/mol. The topological polar surface area (TPSA) is 78.5 Å². The molecule has 170 valence electrons. The summed E-state index contributed by atoms with van der Waals surface area (Å²) in [6.45, 7) is 5.55. The number of amides is 1. The minimum atomic E-state index is -3.46. The summed E-state index contributed by atoms with van der Waals surface area (Å²) in [4.78, 5) is 15.0. The number of nitrogens with one attached hydrogen (secondary N) is 2. The lowest BCUT2D eigenvalue weighted by molar-refractivity contribution is -0.111. The molecule has 2 fully saturated rings. The van der Waals surface area contributed by atoms with E-state index in [9.17, 15) is 13.2 Å². The summed E-state index contributed by atoms with van der Waals surface area (Å²) in [5.74, 6) is 0.531. The van der Waals surface area contributed by atoms with Crippen LogP contribution in [0.5, 0.6) is 0 Å². The molecule has 7 heteroatoms. The molecule has 1 amide bonds. The van der Waals surface area contributed by atoms with E-state index in [-0.39, 0.29) is 16.8 Å². The van der Waals surface area contributed by atoms with E-state index in [0.29, 0.717) is 0 Å². The molecule has 1 unspecified atom stereocenters. The summed E-state index contributed by atoms with van der Waals surface area (Å²) < 4.78 is 27.1. The third-order valence-electron chi connectivity index (χ3n) is 5.89. The minimum absolute atomic E-state index is 0.0748. The lowest BCUT2D eigenvalue weighted by Crippen LogP contribution is -2.33. The van der Waals surface area contributed by atoms with Gasteiger partial charge in [-0.05, 0) is 79.6 Å². The number of rotatable bonds is 8. The quantitative estimate of drug-likeness (QED) is 0.592. The van der Waals surface area contributed by atoms with Gasteiger partial charge in [-0.25, -0.2) is 13.1 Å². The van der Waals surface area contributed by atoms with E-state index in [0.717, 1.165) is 49.6 Å². The molecule has 2 aromatic carbocycles. The molecule has 6 nitrogen and oxygen atoms in total. The number of piperidine rings is 1. The second-order valence-corrected chi connectivity index (χ2v) is 10.7. The number of benzene rings is 2. The molecule has 1 aliphatic heterocycles. The van der Waals surface area contributed by atoms with E-state index >= 15 is 0 Å². The van der Waals surface area contributed by atoms with Crippen LogP contribution in [-0.2, 0) is 21.4 Å². The van der Waals surface area contributed by atoms with Crippen molar-refractivity contribution < 1.29 is 13.2 Å². The number of sulfonamides is 1. The predicted molar refractivity (Wildman–Crippen MR) is 128 cm³/mol. The van der Waals surface area contributed by atoms with Gasteiger partial charge in [0.15, 0.2) is 0 Å². The predicted octanol–water partition coefficient (Wildman–Crippen LogP) is 4.01. The number of hydrogen-bond acceptors (Lipinski definition) is 4. The minimum Gasteiger partial charge on any atom is -0.323 e. The summed E-state index contributed by atoms with van der Waals surface area (Å²) >= 11 is 0. The fraction of sp³-hybridized carbons (Fsp3) is 0.400. The Labute approximate surface area is 190 Å². The molecule has 0 bridgehead atoms. The van der Waals surface area contributed by atoms with Crippen LogP contribution in [-0.4, -0.2) is 38.4 Å². The van der Waals surface area contributed by atoms with Crippen molar-refractivity contribution in [2.75, 3.05) is 18.4 Å². The zero-order valence-electron chi connectivity index (χ0n) is 18.5. The van der Waals surface area contributed by atoms with Gasteiger partial charge in [0.05, 0.1) is 4.90 Å². The second-order valence-electron chi connectivity index (χ2n) is 8.97. The Morgan fingerprint density at radius 2 is 1.78 bits per heavy atom. The first-order chi connectivity index (χ1) is 15.4. The molecule has 1 saturated carbocycles. The van der Waals surface area contributed by atoms with Crippen LogP contribution in [0.4, 0.5) is 5.69 Å². The van der Waals surface area contributed by atoms with Gasteiger partial charge in [0.25, 0.3) is 0 Å². The zero-order chi connectivity index (χ0) is 22.6. The van der Waals surface area contributed by atoms with E-state index < -0.39 is 10.0 Å². The largest absolute Gasteiger partial charge is 0.323 e. The van der Waals surface area contributed by atoms with Crippen LogP contribution in [0.3, 0.4) is 0 Å². The lowest BCUT2D eigenvalue weighted by atomic mass is 10.00. The standard InChI is InChI=1S/C25H31N3O3S/c1-19-3-2-16-28(17-19)18-21-4-9-22(10-5-21)26-25(29)15-8-20-6-13-24(14-7-20)32(30,31)27-23-11-12-23/h4-10,13-15,19,23,27H,2-3,11-12,16-18H2,1H3,(H,26,29). The molecule has 0 spiro atoms. The number of anilines is 1. The Kier molecular flexibility index (Phi) is 7.08. The zero-order valence-corrected chi connectivity index (χ0v) is 19.3. The highest BCUT2D eigenvalue weighted by Crippen LogP contribution is 2.22. The highest BCUT2D eigenvalue weighted by atomic mass is 32.2. The molecular formula is C25H31N3O3S. The molecule has 2 aromatic rings. The SMILES string of the molecule is CC1CCCN(Cc2ccc(NC(=O)C=Cc3ccc(S(=O)(=O)NC4CC4)cc3)cc2)C1. The first-order valence-electron chi connectivity index (χ1n) is 11.3. The van der Waals surface area contributed by atoms with Crippen LogP contribution in [0.25, 0.3) is 6.08 Å². The number of carbonyl (C=O) groups excluding carboxylic acids is 1. The van der Waals surface area contributed by atoms with E-state index in [1.54, 1.807) is 30.3 Å². The van der Waals surface area contributed by atoms with Gasteiger partial charge in [-0.2, -0.15) is 0 Å². The van der Waals surface area contributed by atoms with Crippen molar-refractivity contribution in [3.8, 4) is 0 Å². The molecular weight excluding hydrogens is 422 g/mol. The van der Waals surface area contributed by atoms with Gasteiger partial charge in [0.1, 0.15) is 0 Å². The van der Waals surface area contributed by atoms with Crippen LogP contribution in [0.15, 0.2) is 59.5 Å². The van der Waals surface area contributed by atoms with Gasteiger partial charge < -0.3 is 5.32 Å². The summed E-state index contributed by atoms with van der Waals surface area (Å²) in [5, 5.41) is 2.87. The molecule has 1 aliphatic carbocycles. The first kappa shape index (κ1) is 22.7. The van der Waals surface area contributed by atoms with Gasteiger partial charge in [0.2, 0.25) is 15.9 Å². The maximum absolute atomic E-state index is 12.3. The average Bonchev–Trinajstić information content (AvgIpc) is 3.57. The van der Waals surface area contributed by atoms with Crippen molar-refractivity contribution in [1.29, 1.82) is 0 Å². The smallest absolute Gasteiger partial charge is 0.248 e. The molecule has 1 atom stereocenters. The van der Waals surface area contributed by atoms with Crippen molar-refractivity contribution >= 4 is 27.7 Å². The normalized spacial score (nSPS) is 19.8. The van der Waals surface area contributed by atoms with Crippen LogP contribution in [0.1, 0.15) is 43.7 Å². The summed E-state index contributed by atoms with van der Waals surface area (Å²) in [6.07, 6.45) is 7.50. The van der Waals surface area contributed by atoms with Crippen LogP contribution >= 0.6 is 0 Å². The highest BCUT2D eigenvalue weighted by molar-refractivity contribution is 7.89. The fourth-order valence-electron chi connectivity index (χ4n) is 3.98. The Morgan fingerprint density at radius 3 is 2.44 bits per heavy atom. The van der Waals surface area contributed by atoms with E-state index in [4.69, 9.17) is 0 Å². The number of nitrogens with zero attached hydrogens (tertiary/aromatic N) is 1. The van der Waals surface area contributed by atoms with Crippen molar-refractivity contribution in [1.82, 2.24) is 9.62 Å². The third-order valence-corrected chi connectivity index (χ3v) is 7.42. The molecule has 0 radical (unpaired) electrons. The Hall–Kier alpha value is -2.48. The molecule has 1 heterocycles. The van der Waals surface area contributed by atoms with Crippen molar-refractivity contribution in [3.63, 3.8) is 0 Å². The fourth-order valence-corrected chi connectivity index (χ4v) is 5.29. The van der Waals surface area contributed by atoms with Gasteiger partial charge in [0, 0.05) is 30.9 Å². The van der Waals surface area contributed by atoms with Gasteiger partial charge >= 0.3 is 0 Å². The molecule has 1 saturated heterocycles. The third kappa shape index (κ3) is 6.51. The Morgan fingerprint density at radius 1 is 1.06 bits per heavy atom. The first-order valence-corrected chi connectivity index (χ1v) is 12.8. The molecule has 2 aliphatic rings. The molecule has 4 rings (SSSR count).